The molecule has 2 atom stereocenters. The van der Waals surface area contributed by atoms with Crippen molar-refractivity contribution in [3.8, 4) is 5.69 Å². The van der Waals surface area contributed by atoms with Crippen LogP contribution < -0.4 is 5.32 Å². The molecule has 4 rings (SSSR count). The molecule has 1 N–H and O–H groups in total. The Bertz CT molecular complexity index is 1050. The normalized spacial score (nSPS) is 18.7. The summed E-state index contributed by atoms with van der Waals surface area (Å²) < 4.78 is 7.70. The molecule has 0 radical (unpaired) electrons. The van der Waals surface area contributed by atoms with Gasteiger partial charge >= 0.3 is 0 Å². The van der Waals surface area contributed by atoms with Gasteiger partial charge in [-0.05, 0) is 74.4 Å². The smallest absolute Gasteiger partial charge is 0.170 e. The quantitative estimate of drug-likeness (QED) is 0.598. The zero-order chi connectivity index (χ0) is 21.3. The molecule has 0 aliphatic carbocycles. The number of nitrogens with one attached hydrogen (secondary N) is 1. The van der Waals surface area contributed by atoms with Gasteiger partial charge in [-0.1, -0.05) is 18.2 Å². The molecule has 0 amide bonds. The SMILES string of the molecule is COCCN1C(=S)N[C@H](c2ccccn2)[C@@H]1c1cc(C)n(-c2cccc(C)c2)c1C. The van der Waals surface area contributed by atoms with Gasteiger partial charge in [-0.25, -0.2) is 0 Å². The van der Waals surface area contributed by atoms with E-state index in [-0.39, 0.29) is 12.1 Å². The van der Waals surface area contributed by atoms with Gasteiger partial charge in [0, 0.05) is 36.9 Å². The highest BCUT2D eigenvalue weighted by Gasteiger charge is 2.41. The molecular weight excluding hydrogens is 392 g/mol. The number of hydrogen-bond acceptors (Lipinski definition) is 3. The van der Waals surface area contributed by atoms with Crippen LogP contribution in [0.2, 0.25) is 0 Å². The molecule has 1 aliphatic rings. The summed E-state index contributed by atoms with van der Waals surface area (Å²) in [5, 5.41) is 4.26. The van der Waals surface area contributed by atoms with E-state index in [0.29, 0.717) is 6.61 Å². The Kier molecular flexibility index (Phi) is 5.88. The van der Waals surface area contributed by atoms with Crippen molar-refractivity contribution in [1.82, 2.24) is 19.8 Å². The first-order valence-electron chi connectivity index (χ1n) is 10.2. The minimum atomic E-state index is -0.0120. The second kappa shape index (κ2) is 8.58. The highest BCUT2D eigenvalue weighted by atomic mass is 32.1. The highest BCUT2D eigenvalue weighted by Crippen LogP contribution is 2.41. The van der Waals surface area contributed by atoms with E-state index in [1.165, 1.54) is 28.2 Å². The van der Waals surface area contributed by atoms with Gasteiger partial charge < -0.3 is 19.5 Å². The largest absolute Gasteiger partial charge is 0.383 e. The topological polar surface area (TPSA) is 42.3 Å². The number of rotatable bonds is 6. The Morgan fingerprint density at radius 3 is 2.63 bits per heavy atom. The number of benzene rings is 1. The van der Waals surface area contributed by atoms with Gasteiger partial charge in [0.25, 0.3) is 0 Å². The van der Waals surface area contributed by atoms with Crippen LogP contribution in [0.3, 0.4) is 0 Å². The first kappa shape index (κ1) is 20.6. The van der Waals surface area contributed by atoms with Crippen molar-refractivity contribution in [2.45, 2.75) is 32.9 Å². The summed E-state index contributed by atoms with van der Waals surface area (Å²) in [4.78, 5) is 6.86. The first-order chi connectivity index (χ1) is 14.5. The molecule has 1 fully saturated rings. The summed E-state index contributed by atoms with van der Waals surface area (Å²) >= 11 is 5.73. The van der Waals surface area contributed by atoms with Gasteiger partial charge in [0.2, 0.25) is 0 Å². The van der Waals surface area contributed by atoms with Crippen molar-refractivity contribution < 1.29 is 4.74 Å². The number of hydrogen-bond donors (Lipinski definition) is 1. The van der Waals surface area contributed by atoms with E-state index in [0.717, 1.165) is 17.4 Å². The van der Waals surface area contributed by atoms with Gasteiger partial charge in [-0.3, -0.25) is 4.98 Å². The second-order valence-corrected chi connectivity index (χ2v) is 8.20. The molecule has 0 saturated carbocycles. The predicted octanol–water partition coefficient (Wildman–Crippen LogP) is 4.42. The molecule has 1 aromatic carbocycles. The molecule has 156 valence electrons. The maximum absolute atomic E-state index is 5.73. The van der Waals surface area contributed by atoms with Crippen LogP contribution >= 0.6 is 12.2 Å². The Labute approximate surface area is 183 Å². The summed E-state index contributed by atoms with van der Waals surface area (Å²) in [5.41, 5.74) is 7.11. The average Bonchev–Trinajstić information content (AvgIpc) is 3.22. The van der Waals surface area contributed by atoms with Crippen molar-refractivity contribution in [3.05, 3.63) is 82.9 Å². The van der Waals surface area contributed by atoms with Crippen LogP contribution in [-0.2, 0) is 4.74 Å². The third-order valence-corrected chi connectivity index (χ3v) is 6.14. The van der Waals surface area contributed by atoms with Crippen molar-refractivity contribution in [1.29, 1.82) is 0 Å². The monoisotopic (exact) mass is 420 g/mol. The molecule has 0 spiro atoms. The molecule has 0 unspecified atom stereocenters. The molecule has 6 heteroatoms. The van der Waals surface area contributed by atoms with Crippen LogP contribution in [-0.4, -0.2) is 39.8 Å². The van der Waals surface area contributed by atoms with E-state index in [1.807, 2.05) is 18.3 Å². The Morgan fingerprint density at radius 1 is 1.10 bits per heavy atom. The number of ether oxygens (including phenoxy) is 1. The third-order valence-electron chi connectivity index (χ3n) is 5.78. The number of methoxy groups -OCH3 is 1. The van der Waals surface area contributed by atoms with Gasteiger partial charge in [-0.2, -0.15) is 0 Å². The fourth-order valence-electron chi connectivity index (χ4n) is 4.43. The number of aromatic nitrogens is 2. The van der Waals surface area contributed by atoms with Crippen molar-refractivity contribution in [3.63, 3.8) is 0 Å². The minimum absolute atomic E-state index is 0.0120. The molecular formula is C24H28N4OS. The third kappa shape index (κ3) is 3.73. The summed E-state index contributed by atoms with van der Waals surface area (Å²) in [6.07, 6.45) is 1.84. The molecule has 5 nitrogen and oxygen atoms in total. The van der Waals surface area contributed by atoms with E-state index in [1.54, 1.807) is 7.11 Å². The maximum atomic E-state index is 5.73. The molecule has 2 aromatic heterocycles. The predicted molar refractivity (Wildman–Crippen MR) is 124 cm³/mol. The van der Waals surface area contributed by atoms with Crippen LogP contribution in [0.5, 0.6) is 0 Å². The minimum Gasteiger partial charge on any atom is -0.383 e. The number of thiocarbonyl (C=S) groups is 1. The second-order valence-electron chi connectivity index (χ2n) is 7.81. The van der Waals surface area contributed by atoms with Crippen molar-refractivity contribution in [2.24, 2.45) is 0 Å². The van der Waals surface area contributed by atoms with Crippen molar-refractivity contribution >= 4 is 17.3 Å². The zero-order valence-electron chi connectivity index (χ0n) is 17.9. The Morgan fingerprint density at radius 2 is 1.93 bits per heavy atom. The van der Waals surface area contributed by atoms with Crippen LogP contribution in [0.4, 0.5) is 0 Å². The van der Waals surface area contributed by atoms with Crippen LogP contribution in [0, 0.1) is 20.8 Å². The molecule has 1 aliphatic heterocycles. The Balaban J connectivity index is 1.82. The van der Waals surface area contributed by atoms with E-state index in [4.69, 9.17) is 17.0 Å². The van der Waals surface area contributed by atoms with Gasteiger partial charge in [-0.15, -0.1) is 0 Å². The first-order valence-corrected chi connectivity index (χ1v) is 10.6. The highest BCUT2D eigenvalue weighted by molar-refractivity contribution is 7.80. The molecule has 3 aromatic rings. The number of nitrogens with zero attached hydrogens (tertiary/aromatic N) is 3. The number of aryl methyl sites for hydroxylation is 2. The standard InChI is InChI=1S/C24H28N4OS/c1-16-8-7-9-19(14-16)28-17(2)15-20(18(28)3)23-22(21-10-5-6-11-25-21)26-24(30)27(23)12-13-29-4/h5-11,14-15,22-23H,12-13H2,1-4H3,(H,26,30)/t22-,23+/m1/s1. The van der Waals surface area contributed by atoms with Crippen molar-refractivity contribution in [2.75, 3.05) is 20.3 Å². The van der Waals surface area contributed by atoms with Gasteiger partial charge in [0.05, 0.1) is 24.4 Å². The fraction of sp³-hybridized carbons (Fsp3) is 0.333. The average molecular weight is 421 g/mol. The van der Waals surface area contributed by atoms with Gasteiger partial charge in [0.1, 0.15) is 0 Å². The van der Waals surface area contributed by atoms with Gasteiger partial charge in [0.15, 0.2) is 5.11 Å². The van der Waals surface area contributed by atoms with Crippen LogP contribution in [0.1, 0.15) is 40.3 Å². The lowest BCUT2D eigenvalue weighted by Gasteiger charge is -2.28. The van der Waals surface area contributed by atoms with Crippen LogP contribution in [0.25, 0.3) is 5.69 Å². The summed E-state index contributed by atoms with van der Waals surface area (Å²) in [6.45, 7) is 7.82. The molecule has 3 heterocycles. The lowest BCUT2D eigenvalue weighted by molar-refractivity contribution is 0.164. The Hall–Kier alpha value is -2.70. The summed E-state index contributed by atoms with van der Waals surface area (Å²) in [5.74, 6) is 0. The van der Waals surface area contributed by atoms with E-state index in [9.17, 15) is 0 Å². The lowest BCUT2D eigenvalue weighted by Crippen LogP contribution is -2.32. The van der Waals surface area contributed by atoms with E-state index >= 15 is 0 Å². The fourth-order valence-corrected chi connectivity index (χ4v) is 4.76. The number of pyridine rings is 1. The molecule has 30 heavy (non-hydrogen) atoms. The van der Waals surface area contributed by atoms with Crippen LogP contribution in [0.15, 0.2) is 54.7 Å². The lowest BCUT2D eigenvalue weighted by atomic mass is 9.97. The maximum Gasteiger partial charge on any atom is 0.170 e. The van der Waals surface area contributed by atoms with E-state index < -0.39 is 0 Å². The molecule has 0 bridgehead atoms. The molecule has 1 saturated heterocycles. The summed E-state index contributed by atoms with van der Waals surface area (Å²) in [7, 11) is 1.72. The summed E-state index contributed by atoms with van der Waals surface area (Å²) in [6, 6.07) is 17.0. The zero-order valence-corrected chi connectivity index (χ0v) is 18.7. The van der Waals surface area contributed by atoms with E-state index in [2.05, 4.69) is 76.9 Å².